The van der Waals surface area contributed by atoms with Crippen LogP contribution in [0.3, 0.4) is 0 Å². The number of nitro benzene ring substituents is 1. The van der Waals surface area contributed by atoms with Gasteiger partial charge in [0.15, 0.2) is 4.90 Å². The van der Waals surface area contributed by atoms with Crippen LogP contribution in [0.5, 0.6) is 5.75 Å². The highest BCUT2D eigenvalue weighted by atomic mass is 32.2. The van der Waals surface area contributed by atoms with Gasteiger partial charge >= 0.3 is 0 Å². The van der Waals surface area contributed by atoms with Crippen LogP contribution < -0.4 is 9.46 Å². The van der Waals surface area contributed by atoms with E-state index in [2.05, 4.69) is 4.72 Å². The van der Waals surface area contributed by atoms with Crippen molar-refractivity contribution < 1.29 is 18.1 Å². The van der Waals surface area contributed by atoms with Gasteiger partial charge in [0.2, 0.25) is 10.0 Å². The van der Waals surface area contributed by atoms with Crippen molar-refractivity contribution >= 4 is 15.7 Å². The highest BCUT2D eigenvalue weighted by Gasteiger charge is 2.40. The summed E-state index contributed by atoms with van der Waals surface area (Å²) in [5.41, 5.74) is -0.191. The Bertz CT molecular complexity index is 954. The van der Waals surface area contributed by atoms with E-state index in [4.69, 9.17) is 4.74 Å². The molecule has 1 aliphatic heterocycles. The van der Waals surface area contributed by atoms with Crippen molar-refractivity contribution in [3.8, 4) is 5.75 Å². The molecule has 2 aromatic rings. The Labute approximate surface area is 158 Å². The Morgan fingerprint density at radius 3 is 2.44 bits per heavy atom. The maximum absolute atomic E-state index is 13.0. The number of benzene rings is 2. The maximum atomic E-state index is 13.0. The number of sulfonamides is 1. The van der Waals surface area contributed by atoms with E-state index in [1.54, 1.807) is 0 Å². The molecule has 1 N–H and O–H groups in total. The Balaban J connectivity index is 2.02. The van der Waals surface area contributed by atoms with Crippen molar-refractivity contribution in [2.24, 2.45) is 0 Å². The van der Waals surface area contributed by atoms with Crippen molar-refractivity contribution in [1.82, 2.24) is 4.72 Å². The summed E-state index contributed by atoms with van der Waals surface area (Å²) in [4.78, 5) is 10.2. The fraction of sp³-hybridized carbons (Fsp3) is 0.368. The van der Waals surface area contributed by atoms with E-state index >= 15 is 0 Å². The zero-order valence-electron chi connectivity index (χ0n) is 15.2. The molecule has 144 valence electrons. The van der Waals surface area contributed by atoms with Crippen molar-refractivity contribution in [2.45, 2.75) is 49.6 Å². The minimum absolute atomic E-state index is 0.336. The van der Waals surface area contributed by atoms with Crippen LogP contribution in [0.15, 0.2) is 53.4 Å². The summed E-state index contributed by atoms with van der Waals surface area (Å²) in [6.45, 7) is 4.01. The summed E-state index contributed by atoms with van der Waals surface area (Å²) in [5.74, 6) is 0.641. The molecule has 0 saturated heterocycles. The lowest BCUT2D eigenvalue weighted by Gasteiger charge is -2.41. The molecule has 1 heterocycles. The Hall–Kier alpha value is -2.45. The SMILES string of the molecule is CCC1(CC)C[C@H](NS(=O)(=O)c2ccccc2[N+](=O)[O-])c2ccccc2O1. The molecule has 27 heavy (non-hydrogen) atoms. The predicted molar refractivity (Wildman–Crippen MR) is 101 cm³/mol. The van der Waals surface area contributed by atoms with Gasteiger partial charge in [0.25, 0.3) is 5.69 Å². The standard InChI is InChI=1S/C19H22N2O5S/c1-3-19(4-2)13-15(14-9-5-7-11-17(14)26-19)20-27(24,25)18-12-8-6-10-16(18)21(22)23/h5-12,15,20H,3-4,13H2,1-2H3/t15-/m0/s1. The van der Waals surface area contributed by atoms with Crippen LogP contribution in [0.25, 0.3) is 0 Å². The number of fused-ring (bicyclic) bond motifs is 1. The Kier molecular flexibility index (Phi) is 5.21. The number of ether oxygens (including phenoxy) is 1. The second-order valence-corrected chi connectivity index (χ2v) is 8.32. The van der Waals surface area contributed by atoms with Gasteiger partial charge in [-0.25, -0.2) is 13.1 Å². The second-order valence-electron chi connectivity index (χ2n) is 6.63. The first kappa shape index (κ1) is 19.3. The minimum atomic E-state index is -4.09. The van der Waals surface area contributed by atoms with Gasteiger partial charge in [-0.1, -0.05) is 44.2 Å². The second kappa shape index (κ2) is 7.28. The molecule has 0 unspecified atom stereocenters. The molecule has 0 aromatic heterocycles. The molecule has 7 nitrogen and oxygen atoms in total. The van der Waals surface area contributed by atoms with Gasteiger partial charge in [0.1, 0.15) is 11.4 Å². The molecule has 0 aliphatic carbocycles. The molecule has 8 heteroatoms. The lowest BCUT2D eigenvalue weighted by molar-refractivity contribution is -0.387. The summed E-state index contributed by atoms with van der Waals surface area (Å²) < 4.78 is 34.8. The molecule has 0 spiro atoms. The first-order chi connectivity index (χ1) is 12.8. The average Bonchev–Trinajstić information content (AvgIpc) is 2.67. The molecule has 0 saturated carbocycles. The third-order valence-corrected chi connectivity index (χ3v) is 6.65. The maximum Gasteiger partial charge on any atom is 0.289 e. The molecule has 0 bridgehead atoms. The van der Waals surface area contributed by atoms with Gasteiger partial charge in [-0.15, -0.1) is 0 Å². The van der Waals surface area contributed by atoms with Crippen LogP contribution in [0, 0.1) is 10.1 Å². The fourth-order valence-electron chi connectivity index (χ4n) is 3.49. The third-order valence-electron chi connectivity index (χ3n) is 5.13. The van der Waals surface area contributed by atoms with E-state index in [9.17, 15) is 18.5 Å². The summed E-state index contributed by atoms with van der Waals surface area (Å²) in [6.07, 6.45) is 1.90. The van der Waals surface area contributed by atoms with Crippen LogP contribution in [0.2, 0.25) is 0 Å². The number of hydrogen-bond donors (Lipinski definition) is 1. The average molecular weight is 390 g/mol. The molecular weight excluding hydrogens is 368 g/mol. The van der Waals surface area contributed by atoms with E-state index in [1.165, 1.54) is 24.3 Å². The lowest BCUT2D eigenvalue weighted by Crippen LogP contribution is -2.44. The van der Waals surface area contributed by atoms with E-state index in [1.807, 2.05) is 38.1 Å². The van der Waals surface area contributed by atoms with Crippen LogP contribution >= 0.6 is 0 Å². The van der Waals surface area contributed by atoms with Crippen molar-refractivity contribution in [1.29, 1.82) is 0 Å². The quantitative estimate of drug-likeness (QED) is 0.595. The number of hydrogen-bond acceptors (Lipinski definition) is 5. The van der Waals surface area contributed by atoms with Gasteiger partial charge in [-0.3, -0.25) is 10.1 Å². The van der Waals surface area contributed by atoms with E-state index < -0.39 is 32.3 Å². The summed E-state index contributed by atoms with van der Waals surface area (Å²) >= 11 is 0. The lowest BCUT2D eigenvalue weighted by atomic mass is 9.84. The first-order valence-electron chi connectivity index (χ1n) is 8.85. The van der Waals surface area contributed by atoms with Gasteiger partial charge in [0.05, 0.1) is 11.0 Å². The fourth-order valence-corrected chi connectivity index (χ4v) is 4.88. The number of nitrogens with one attached hydrogen (secondary N) is 1. The van der Waals surface area contributed by atoms with Gasteiger partial charge in [-0.05, 0) is 25.0 Å². The predicted octanol–water partition coefficient (Wildman–Crippen LogP) is 3.96. The zero-order valence-corrected chi connectivity index (χ0v) is 16.0. The molecule has 2 aromatic carbocycles. The molecule has 0 amide bonds. The van der Waals surface area contributed by atoms with E-state index in [0.29, 0.717) is 12.2 Å². The Morgan fingerprint density at radius 2 is 1.78 bits per heavy atom. The van der Waals surface area contributed by atoms with Gasteiger partial charge in [0, 0.05) is 18.1 Å². The smallest absolute Gasteiger partial charge is 0.289 e. The number of nitrogens with zero attached hydrogens (tertiary/aromatic N) is 1. The van der Waals surface area contributed by atoms with Gasteiger partial charge < -0.3 is 4.74 Å². The molecular formula is C19H22N2O5S. The minimum Gasteiger partial charge on any atom is -0.487 e. The largest absolute Gasteiger partial charge is 0.487 e. The van der Waals surface area contributed by atoms with Crippen LogP contribution in [0.1, 0.15) is 44.7 Å². The molecule has 3 rings (SSSR count). The first-order valence-corrected chi connectivity index (χ1v) is 10.3. The van der Waals surface area contributed by atoms with Gasteiger partial charge in [-0.2, -0.15) is 0 Å². The summed E-state index contributed by atoms with van der Waals surface area (Å²) in [7, 11) is -4.09. The normalized spacial score (nSPS) is 18.4. The number of para-hydroxylation sites is 2. The number of nitro groups is 1. The monoisotopic (exact) mass is 390 g/mol. The van der Waals surface area contributed by atoms with E-state index in [-0.39, 0.29) is 4.90 Å². The molecule has 1 atom stereocenters. The van der Waals surface area contributed by atoms with Crippen molar-refractivity contribution in [2.75, 3.05) is 0 Å². The highest BCUT2D eigenvalue weighted by molar-refractivity contribution is 7.89. The van der Waals surface area contributed by atoms with Crippen LogP contribution in [-0.2, 0) is 10.0 Å². The number of rotatable bonds is 6. The van der Waals surface area contributed by atoms with Crippen molar-refractivity contribution in [3.05, 3.63) is 64.2 Å². The molecule has 1 aliphatic rings. The Morgan fingerprint density at radius 1 is 1.15 bits per heavy atom. The highest BCUT2D eigenvalue weighted by Crippen LogP contribution is 2.43. The summed E-state index contributed by atoms with van der Waals surface area (Å²) in [6, 6.07) is 12.1. The third kappa shape index (κ3) is 3.68. The molecule has 0 radical (unpaired) electrons. The van der Waals surface area contributed by atoms with Crippen LogP contribution in [0.4, 0.5) is 5.69 Å². The summed E-state index contributed by atoms with van der Waals surface area (Å²) in [5, 5.41) is 11.2. The van der Waals surface area contributed by atoms with E-state index in [0.717, 1.165) is 18.4 Å². The topological polar surface area (TPSA) is 98.5 Å². The zero-order chi connectivity index (χ0) is 19.7. The van der Waals surface area contributed by atoms with Crippen molar-refractivity contribution in [3.63, 3.8) is 0 Å². The molecule has 0 fully saturated rings. The van der Waals surface area contributed by atoms with Crippen LogP contribution in [-0.4, -0.2) is 18.9 Å².